The smallest absolute Gasteiger partial charge is 0.329 e. The molecule has 0 aliphatic heterocycles. The molecule has 0 saturated carbocycles. The molecular weight excluding hydrogens is 231 g/mol. The van der Waals surface area contributed by atoms with Crippen molar-refractivity contribution in [3.63, 3.8) is 0 Å². The lowest BCUT2D eigenvalue weighted by Gasteiger charge is -2.17. The zero-order valence-corrected chi connectivity index (χ0v) is 9.63. The van der Waals surface area contributed by atoms with Crippen molar-refractivity contribution in [3.05, 3.63) is 35.9 Å². The fourth-order valence-electron chi connectivity index (χ4n) is 1.29. The molecule has 1 rings (SSSR count). The summed E-state index contributed by atoms with van der Waals surface area (Å²) in [6.45, 7) is 1.20. The fraction of sp³-hybridized carbons (Fsp3) is 0.300. The van der Waals surface area contributed by atoms with Crippen LogP contribution in [0.2, 0.25) is 0 Å². The van der Waals surface area contributed by atoms with Crippen molar-refractivity contribution in [3.8, 4) is 0 Å². The molecule has 0 amide bonds. The van der Waals surface area contributed by atoms with Gasteiger partial charge in [0, 0.05) is 6.92 Å². The van der Waals surface area contributed by atoms with Gasteiger partial charge in [-0.1, -0.05) is 30.3 Å². The molecule has 1 atom stereocenters. The lowest BCUT2D eigenvalue weighted by Crippen LogP contribution is -2.12. The topological polar surface area (TPSA) is 83.8 Å². The Bertz CT molecular complexity index is 397. The maximum atomic E-state index is 10.9. The van der Waals surface area contributed by atoms with Gasteiger partial charge in [0.05, 0.1) is 6.16 Å². The van der Waals surface area contributed by atoms with Crippen molar-refractivity contribution in [2.75, 3.05) is 6.16 Å². The summed E-state index contributed by atoms with van der Waals surface area (Å²) in [6, 6.07) is 8.51. The molecule has 0 fully saturated rings. The molecule has 1 aromatic rings. The van der Waals surface area contributed by atoms with E-state index in [4.69, 9.17) is 14.5 Å². The first-order chi connectivity index (χ1) is 7.38. The SMILES string of the molecule is CC(=O)OC(CP(=O)(O)O)c1ccccc1. The predicted octanol–water partition coefficient (Wildman–Crippen LogP) is 1.47. The summed E-state index contributed by atoms with van der Waals surface area (Å²) in [6.07, 6.45) is -1.41. The van der Waals surface area contributed by atoms with Crippen molar-refractivity contribution in [1.29, 1.82) is 0 Å². The third-order valence-electron chi connectivity index (χ3n) is 1.88. The first-order valence-corrected chi connectivity index (χ1v) is 6.45. The molecule has 0 heterocycles. The van der Waals surface area contributed by atoms with Gasteiger partial charge in [0.25, 0.3) is 0 Å². The van der Waals surface area contributed by atoms with E-state index in [9.17, 15) is 9.36 Å². The second kappa shape index (κ2) is 5.25. The van der Waals surface area contributed by atoms with Gasteiger partial charge < -0.3 is 14.5 Å². The van der Waals surface area contributed by atoms with Crippen LogP contribution in [0.25, 0.3) is 0 Å². The molecule has 0 radical (unpaired) electrons. The second-order valence-electron chi connectivity index (χ2n) is 3.36. The largest absolute Gasteiger partial charge is 0.457 e. The highest BCUT2D eigenvalue weighted by Gasteiger charge is 2.25. The standard InChI is InChI=1S/C10H13O5P/c1-8(11)15-10(7-16(12,13)14)9-5-3-2-4-6-9/h2-6,10H,7H2,1H3,(H2,12,13,14). The number of rotatable bonds is 4. The normalized spacial score (nSPS) is 13.2. The molecule has 0 bridgehead atoms. The van der Waals surface area contributed by atoms with Crippen molar-refractivity contribution in [2.45, 2.75) is 13.0 Å². The number of carbonyl (C=O) groups excluding carboxylic acids is 1. The Kier molecular flexibility index (Phi) is 4.24. The lowest BCUT2D eigenvalue weighted by atomic mass is 10.1. The van der Waals surface area contributed by atoms with Crippen LogP contribution in [0.15, 0.2) is 30.3 Å². The molecule has 5 nitrogen and oxygen atoms in total. The van der Waals surface area contributed by atoms with Crippen LogP contribution in [0, 0.1) is 0 Å². The summed E-state index contributed by atoms with van der Waals surface area (Å²) >= 11 is 0. The van der Waals surface area contributed by atoms with E-state index in [1.54, 1.807) is 30.3 Å². The fourth-order valence-corrected chi connectivity index (χ4v) is 2.01. The van der Waals surface area contributed by atoms with Crippen LogP contribution in [-0.4, -0.2) is 21.9 Å². The molecule has 0 aliphatic carbocycles. The van der Waals surface area contributed by atoms with Crippen LogP contribution >= 0.6 is 7.60 Å². The van der Waals surface area contributed by atoms with Crippen molar-refractivity contribution >= 4 is 13.6 Å². The van der Waals surface area contributed by atoms with Crippen LogP contribution in [0.5, 0.6) is 0 Å². The molecule has 1 aromatic carbocycles. The number of hydrogen-bond acceptors (Lipinski definition) is 3. The van der Waals surface area contributed by atoms with E-state index >= 15 is 0 Å². The van der Waals surface area contributed by atoms with E-state index in [0.29, 0.717) is 5.56 Å². The minimum absolute atomic E-state index is 0.503. The first-order valence-electron chi connectivity index (χ1n) is 4.65. The number of esters is 1. The van der Waals surface area contributed by atoms with Gasteiger partial charge in [-0.2, -0.15) is 0 Å². The van der Waals surface area contributed by atoms with Gasteiger partial charge in [-0.25, -0.2) is 0 Å². The number of hydrogen-bond donors (Lipinski definition) is 2. The Morgan fingerprint density at radius 2 is 1.94 bits per heavy atom. The molecule has 6 heteroatoms. The highest BCUT2D eigenvalue weighted by atomic mass is 31.2. The van der Waals surface area contributed by atoms with Crippen LogP contribution in [0.3, 0.4) is 0 Å². The van der Waals surface area contributed by atoms with Crippen LogP contribution < -0.4 is 0 Å². The quantitative estimate of drug-likeness (QED) is 0.619. The van der Waals surface area contributed by atoms with E-state index < -0.39 is 25.8 Å². The van der Waals surface area contributed by atoms with Gasteiger partial charge in [0.1, 0.15) is 6.10 Å². The Balaban J connectivity index is 2.88. The van der Waals surface area contributed by atoms with E-state index in [1.165, 1.54) is 6.92 Å². The van der Waals surface area contributed by atoms with E-state index in [2.05, 4.69) is 0 Å². The van der Waals surface area contributed by atoms with Gasteiger partial charge in [0.15, 0.2) is 0 Å². The van der Waals surface area contributed by atoms with Gasteiger partial charge in [-0.15, -0.1) is 0 Å². The molecule has 16 heavy (non-hydrogen) atoms. The molecule has 0 aromatic heterocycles. The highest BCUT2D eigenvalue weighted by Crippen LogP contribution is 2.40. The van der Waals surface area contributed by atoms with E-state index in [1.807, 2.05) is 0 Å². The molecule has 0 spiro atoms. The van der Waals surface area contributed by atoms with Crippen molar-refractivity contribution in [2.24, 2.45) is 0 Å². The summed E-state index contributed by atoms with van der Waals surface area (Å²) in [4.78, 5) is 28.6. The van der Waals surface area contributed by atoms with Crippen molar-refractivity contribution < 1.29 is 23.9 Å². The molecule has 2 N–H and O–H groups in total. The van der Waals surface area contributed by atoms with Crippen molar-refractivity contribution in [1.82, 2.24) is 0 Å². The summed E-state index contributed by atoms with van der Waals surface area (Å²) in [7, 11) is -4.22. The van der Waals surface area contributed by atoms with Gasteiger partial charge in [-0.05, 0) is 5.56 Å². The molecule has 1 unspecified atom stereocenters. The van der Waals surface area contributed by atoms with Gasteiger partial charge in [0.2, 0.25) is 0 Å². The van der Waals surface area contributed by atoms with Crippen LogP contribution in [0.1, 0.15) is 18.6 Å². The third kappa shape index (κ3) is 4.57. The average Bonchev–Trinajstić information content (AvgIpc) is 2.15. The third-order valence-corrected chi connectivity index (χ3v) is 2.69. The maximum absolute atomic E-state index is 10.9. The Labute approximate surface area is 93.2 Å². The first kappa shape index (κ1) is 12.9. The van der Waals surface area contributed by atoms with Gasteiger partial charge in [-0.3, -0.25) is 9.36 Å². The minimum atomic E-state index is -4.22. The van der Waals surface area contributed by atoms with E-state index in [-0.39, 0.29) is 0 Å². The number of carbonyl (C=O) groups is 1. The summed E-state index contributed by atoms with van der Waals surface area (Å²) in [5.74, 6) is -0.567. The molecule has 88 valence electrons. The predicted molar refractivity (Wildman–Crippen MR) is 57.9 cm³/mol. The zero-order chi connectivity index (χ0) is 12.2. The van der Waals surface area contributed by atoms with Gasteiger partial charge >= 0.3 is 13.6 Å². The van der Waals surface area contributed by atoms with E-state index in [0.717, 1.165) is 0 Å². The highest BCUT2D eigenvalue weighted by molar-refractivity contribution is 7.51. The minimum Gasteiger partial charge on any atom is -0.457 e. The molecular formula is C10H13O5P. The number of benzene rings is 1. The van der Waals surface area contributed by atoms with Crippen LogP contribution in [-0.2, 0) is 14.1 Å². The lowest BCUT2D eigenvalue weighted by molar-refractivity contribution is -0.145. The monoisotopic (exact) mass is 244 g/mol. The number of ether oxygens (including phenoxy) is 1. The molecule has 0 aliphatic rings. The summed E-state index contributed by atoms with van der Waals surface area (Å²) in [5.41, 5.74) is 0.570. The van der Waals surface area contributed by atoms with Crippen LogP contribution in [0.4, 0.5) is 0 Å². The molecule has 0 saturated heterocycles. The Hall–Kier alpha value is -1.16. The maximum Gasteiger partial charge on any atom is 0.329 e. The summed E-state index contributed by atoms with van der Waals surface area (Å²) < 4.78 is 15.8. The zero-order valence-electron chi connectivity index (χ0n) is 8.74. The average molecular weight is 244 g/mol. The second-order valence-corrected chi connectivity index (χ2v) is 5.05. The Morgan fingerprint density at radius 1 is 1.38 bits per heavy atom. The Morgan fingerprint density at radius 3 is 2.38 bits per heavy atom. The summed E-state index contributed by atoms with van der Waals surface area (Å²) in [5, 5.41) is 0.